The number of anilines is 1. The Balaban J connectivity index is 1.78. The number of nitrogens with zero attached hydrogens (tertiary/aromatic N) is 1. The number of amides is 1. The maximum atomic E-state index is 13.4. The molecule has 34 heavy (non-hydrogen) atoms. The summed E-state index contributed by atoms with van der Waals surface area (Å²) >= 11 is 6.25. The standard InChI is InChI=1S/C25H27ClN2O5S/c1-18-21(26)10-7-11-22(18)28(34(30,31)20-8-5-4-6-9-20)17-25(29)27-15-14-19-12-13-23(32-2)24(16-19)33-3/h4-13,16H,14-15,17H2,1-3H3,(H,27,29). The highest BCUT2D eigenvalue weighted by Crippen LogP contribution is 2.31. The summed E-state index contributed by atoms with van der Waals surface area (Å²) in [7, 11) is -0.876. The molecule has 7 nitrogen and oxygen atoms in total. The number of sulfonamides is 1. The predicted octanol–water partition coefficient (Wildman–Crippen LogP) is 4.22. The highest BCUT2D eigenvalue weighted by molar-refractivity contribution is 7.92. The van der Waals surface area contributed by atoms with E-state index in [4.69, 9.17) is 21.1 Å². The first-order chi connectivity index (χ1) is 16.3. The second-order valence-electron chi connectivity index (χ2n) is 7.50. The van der Waals surface area contributed by atoms with Crippen molar-refractivity contribution in [2.75, 3.05) is 31.6 Å². The summed E-state index contributed by atoms with van der Waals surface area (Å²) in [5, 5.41) is 3.22. The van der Waals surface area contributed by atoms with Gasteiger partial charge in [0.1, 0.15) is 6.54 Å². The fourth-order valence-electron chi connectivity index (χ4n) is 3.45. The lowest BCUT2D eigenvalue weighted by Gasteiger charge is -2.26. The summed E-state index contributed by atoms with van der Waals surface area (Å²) < 4.78 is 38.5. The molecule has 1 N–H and O–H groups in total. The van der Waals surface area contributed by atoms with Gasteiger partial charge in [0.25, 0.3) is 10.0 Å². The third-order valence-electron chi connectivity index (χ3n) is 5.31. The molecule has 3 rings (SSSR count). The lowest BCUT2D eigenvalue weighted by molar-refractivity contribution is -0.119. The molecule has 3 aromatic carbocycles. The molecule has 180 valence electrons. The molecule has 0 atom stereocenters. The molecular formula is C25H27ClN2O5S. The molecule has 0 spiro atoms. The van der Waals surface area contributed by atoms with Crippen LogP contribution in [0.3, 0.4) is 0 Å². The van der Waals surface area contributed by atoms with E-state index in [-0.39, 0.29) is 11.4 Å². The number of ether oxygens (including phenoxy) is 2. The summed E-state index contributed by atoms with van der Waals surface area (Å²) in [5.74, 6) is 0.788. The zero-order valence-corrected chi connectivity index (χ0v) is 20.8. The largest absolute Gasteiger partial charge is 0.493 e. The first-order valence-electron chi connectivity index (χ1n) is 10.6. The summed E-state index contributed by atoms with van der Waals surface area (Å²) in [6.07, 6.45) is 0.535. The topological polar surface area (TPSA) is 84.9 Å². The van der Waals surface area contributed by atoms with Gasteiger partial charge in [-0.1, -0.05) is 41.9 Å². The van der Waals surface area contributed by atoms with Gasteiger partial charge in [0.15, 0.2) is 11.5 Å². The Kier molecular flexibility index (Phi) is 8.41. The van der Waals surface area contributed by atoms with Gasteiger partial charge in [-0.3, -0.25) is 9.10 Å². The molecule has 1 amide bonds. The third-order valence-corrected chi connectivity index (χ3v) is 7.49. The number of hydrogen-bond donors (Lipinski definition) is 1. The second kappa shape index (κ2) is 11.3. The van der Waals surface area contributed by atoms with E-state index in [2.05, 4.69) is 5.32 Å². The molecule has 0 bridgehead atoms. The van der Waals surface area contributed by atoms with Gasteiger partial charge < -0.3 is 14.8 Å². The lowest BCUT2D eigenvalue weighted by atomic mass is 10.1. The smallest absolute Gasteiger partial charge is 0.264 e. The van der Waals surface area contributed by atoms with Gasteiger partial charge in [-0.25, -0.2) is 8.42 Å². The van der Waals surface area contributed by atoms with Crippen LogP contribution in [0.25, 0.3) is 0 Å². The molecule has 0 unspecified atom stereocenters. The molecule has 0 saturated heterocycles. The van der Waals surface area contributed by atoms with E-state index in [0.717, 1.165) is 9.87 Å². The van der Waals surface area contributed by atoms with Crippen LogP contribution in [0.5, 0.6) is 11.5 Å². The highest BCUT2D eigenvalue weighted by Gasteiger charge is 2.28. The van der Waals surface area contributed by atoms with Crippen molar-refractivity contribution in [2.24, 2.45) is 0 Å². The second-order valence-corrected chi connectivity index (χ2v) is 9.77. The Morgan fingerprint density at radius 2 is 1.68 bits per heavy atom. The van der Waals surface area contributed by atoms with Crippen LogP contribution in [-0.2, 0) is 21.2 Å². The normalized spacial score (nSPS) is 11.1. The van der Waals surface area contributed by atoms with Crippen molar-refractivity contribution in [3.63, 3.8) is 0 Å². The molecule has 9 heteroatoms. The maximum Gasteiger partial charge on any atom is 0.264 e. The van der Waals surface area contributed by atoms with E-state index >= 15 is 0 Å². The average molecular weight is 503 g/mol. The Morgan fingerprint density at radius 1 is 0.971 bits per heavy atom. The number of carbonyl (C=O) groups excluding carboxylic acids is 1. The third kappa shape index (κ3) is 5.81. The van der Waals surface area contributed by atoms with Crippen molar-refractivity contribution in [2.45, 2.75) is 18.2 Å². The van der Waals surface area contributed by atoms with Crippen molar-refractivity contribution >= 4 is 33.2 Å². The van der Waals surface area contributed by atoms with Crippen LogP contribution in [-0.4, -0.2) is 41.6 Å². The zero-order valence-electron chi connectivity index (χ0n) is 19.2. The van der Waals surface area contributed by atoms with Crippen LogP contribution in [0.15, 0.2) is 71.6 Å². The summed E-state index contributed by atoms with van der Waals surface area (Å²) in [4.78, 5) is 12.9. The van der Waals surface area contributed by atoms with Crippen molar-refractivity contribution < 1.29 is 22.7 Å². The molecule has 0 heterocycles. The Hall–Kier alpha value is -3.23. The molecule has 0 aliphatic carbocycles. The Labute approximate surface area is 205 Å². The van der Waals surface area contributed by atoms with Crippen LogP contribution in [0.1, 0.15) is 11.1 Å². The molecular weight excluding hydrogens is 476 g/mol. The van der Waals surface area contributed by atoms with Crippen molar-refractivity contribution in [1.82, 2.24) is 5.32 Å². The SMILES string of the molecule is COc1ccc(CCNC(=O)CN(c2cccc(Cl)c2C)S(=O)(=O)c2ccccc2)cc1OC. The molecule has 0 fully saturated rings. The molecule has 0 aromatic heterocycles. The monoisotopic (exact) mass is 502 g/mol. The minimum atomic E-state index is -4.00. The van der Waals surface area contributed by atoms with Gasteiger partial charge in [0, 0.05) is 11.6 Å². The first kappa shape index (κ1) is 25.4. The van der Waals surface area contributed by atoms with Gasteiger partial charge in [-0.05, 0) is 60.9 Å². The molecule has 0 aliphatic heterocycles. The summed E-state index contributed by atoms with van der Waals surface area (Å²) in [6.45, 7) is 1.66. The van der Waals surface area contributed by atoms with E-state index in [1.165, 1.54) is 12.1 Å². The number of nitrogens with one attached hydrogen (secondary N) is 1. The number of carbonyl (C=O) groups is 1. The van der Waals surface area contributed by atoms with E-state index in [9.17, 15) is 13.2 Å². The number of halogens is 1. The van der Waals surface area contributed by atoms with Crippen LogP contribution < -0.4 is 19.1 Å². The van der Waals surface area contributed by atoms with Crippen LogP contribution in [0.2, 0.25) is 5.02 Å². The molecule has 0 radical (unpaired) electrons. The van der Waals surface area contributed by atoms with E-state index in [1.54, 1.807) is 63.6 Å². The molecule has 3 aromatic rings. The van der Waals surface area contributed by atoms with E-state index in [1.807, 2.05) is 12.1 Å². The van der Waals surface area contributed by atoms with Crippen molar-refractivity contribution in [3.05, 3.63) is 82.9 Å². The van der Waals surface area contributed by atoms with Gasteiger partial charge in [0.2, 0.25) is 5.91 Å². The van der Waals surface area contributed by atoms with Crippen LogP contribution in [0, 0.1) is 6.92 Å². The van der Waals surface area contributed by atoms with Crippen LogP contribution >= 0.6 is 11.6 Å². The van der Waals surface area contributed by atoms with Crippen molar-refractivity contribution in [1.29, 1.82) is 0 Å². The molecule has 0 aliphatic rings. The molecule has 0 saturated carbocycles. The quantitative estimate of drug-likeness (QED) is 0.448. The number of rotatable bonds is 10. The fourth-order valence-corrected chi connectivity index (χ4v) is 5.12. The average Bonchev–Trinajstić information content (AvgIpc) is 2.84. The van der Waals surface area contributed by atoms with Gasteiger partial charge in [-0.15, -0.1) is 0 Å². The highest BCUT2D eigenvalue weighted by atomic mass is 35.5. The maximum absolute atomic E-state index is 13.4. The van der Waals surface area contributed by atoms with Gasteiger partial charge in [-0.2, -0.15) is 0 Å². The summed E-state index contributed by atoms with van der Waals surface area (Å²) in [6, 6.07) is 18.5. The minimum absolute atomic E-state index is 0.0903. The number of methoxy groups -OCH3 is 2. The summed E-state index contributed by atoms with van der Waals surface area (Å²) in [5.41, 5.74) is 1.87. The van der Waals surface area contributed by atoms with Gasteiger partial charge in [0.05, 0.1) is 24.8 Å². The Bertz CT molecular complexity index is 1250. The van der Waals surface area contributed by atoms with Gasteiger partial charge >= 0.3 is 0 Å². The fraction of sp³-hybridized carbons (Fsp3) is 0.240. The number of benzene rings is 3. The Morgan fingerprint density at radius 3 is 2.35 bits per heavy atom. The predicted molar refractivity (Wildman–Crippen MR) is 133 cm³/mol. The number of hydrogen-bond acceptors (Lipinski definition) is 5. The van der Waals surface area contributed by atoms with E-state index < -0.39 is 15.9 Å². The minimum Gasteiger partial charge on any atom is -0.493 e. The van der Waals surface area contributed by atoms with Crippen LogP contribution in [0.4, 0.5) is 5.69 Å². The van der Waals surface area contributed by atoms with E-state index in [0.29, 0.717) is 40.7 Å². The lowest BCUT2D eigenvalue weighted by Crippen LogP contribution is -2.41. The zero-order chi connectivity index (χ0) is 24.7. The van der Waals surface area contributed by atoms with Crippen molar-refractivity contribution in [3.8, 4) is 11.5 Å². The first-order valence-corrected chi connectivity index (χ1v) is 12.4.